The first kappa shape index (κ1) is 13.1. The second-order valence-electron chi connectivity index (χ2n) is 4.00. The summed E-state index contributed by atoms with van der Waals surface area (Å²) in [6, 6.07) is 12.5. The topological polar surface area (TPSA) is 43.1 Å². The maximum Gasteiger partial charge on any atom is 0.167 e. The lowest BCUT2D eigenvalue weighted by Gasteiger charge is -2.04. The zero-order valence-electron chi connectivity index (χ0n) is 9.49. The molecule has 0 saturated carbocycles. The van der Waals surface area contributed by atoms with Gasteiger partial charge in [0, 0.05) is 27.2 Å². The summed E-state index contributed by atoms with van der Waals surface area (Å²) in [4.78, 5) is 12.1. The van der Waals surface area contributed by atoms with Gasteiger partial charge in [0.15, 0.2) is 5.78 Å². The van der Waals surface area contributed by atoms with Gasteiger partial charge in [-0.05, 0) is 35.9 Å². The number of hydrogen-bond acceptors (Lipinski definition) is 2. The fraction of sp³-hybridized carbons (Fsp3) is 0.0714. The molecule has 0 aliphatic heterocycles. The normalized spacial score (nSPS) is 10.3. The second kappa shape index (κ2) is 5.55. The molecular weight excluding hydrogens is 314 g/mol. The number of rotatable bonds is 3. The number of anilines is 1. The zero-order valence-corrected chi connectivity index (χ0v) is 11.8. The van der Waals surface area contributed by atoms with E-state index in [1.54, 1.807) is 30.3 Å². The molecule has 2 aromatic rings. The van der Waals surface area contributed by atoms with Crippen LogP contribution in [0.3, 0.4) is 0 Å². The Morgan fingerprint density at radius 2 is 2.00 bits per heavy atom. The van der Waals surface area contributed by atoms with Gasteiger partial charge in [-0.1, -0.05) is 39.7 Å². The zero-order chi connectivity index (χ0) is 13.1. The highest BCUT2D eigenvalue weighted by atomic mass is 79.9. The van der Waals surface area contributed by atoms with Gasteiger partial charge in [-0.3, -0.25) is 4.79 Å². The molecule has 0 radical (unpaired) electrons. The highest BCUT2D eigenvalue weighted by Crippen LogP contribution is 2.19. The first-order valence-electron chi connectivity index (χ1n) is 5.38. The van der Waals surface area contributed by atoms with E-state index in [0.717, 1.165) is 10.0 Å². The van der Waals surface area contributed by atoms with Gasteiger partial charge in [-0.15, -0.1) is 0 Å². The summed E-state index contributed by atoms with van der Waals surface area (Å²) < 4.78 is 0.803. The molecule has 0 amide bonds. The number of Topliss-reactive ketones (excluding diaryl/α,β-unsaturated/α-hetero) is 1. The van der Waals surface area contributed by atoms with Crippen LogP contribution in [0.5, 0.6) is 0 Å². The van der Waals surface area contributed by atoms with Crippen molar-refractivity contribution in [1.82, 2.24) is 0 Å². The average molecular weight is 325 g/mol. The van der Waals surface area contributed by atoms with E-state index in [0.29, 0.717) is 22.7 Å². The number of hydrogen-bond donors (Lipinski definition) is 1. The minimum atomic E-state index is 0.0188. The Kier molecular flexibility index (Phi) is 4.04. The van der Waals surface area contributed by atoms with Crippen molar-refractivity contribution >= 4 is 39.0 Å². The van der Waals surface area contributed by atoms with Gasteiger partial charge in [-0.25, -0.2) is 0 Å². The molecule has 4 heteroatoms. The van der Waals surface area contributed by atoms with Crippen LogP contribution in [0.1, 0.15) is 15.9 Å². The van der Waals surface area contributed by atoms with Gasteiger partial charge in [0.25, 0.3) is 0 Å². The Morgan fingerprint density at radius 1 is 1.22 bits per heavy atom. The standard InChI is InChI=1S/C14H11BrClNO/c15-11-6-10(7-13(17)8-11)14(18)5-9-2-1-3-12(16)4-9/h1-4,6-8H,5,17H2. The number of carbonyl (C=O) groups excluding carboxylic acids is 1. The first-order chi connectivity index (χ1) is 8.54. The molecule has 92 valence electrons. The van der Waals surface area contributed by atoms with E-state index in [9.17, 15) is 4.79 Å². The Morgan fingerprint density at radius 3 is 2.67 bits per heavy atom. The summed E-state index contributed by atoms with van der Waals surface area (Å²) in [6.07, 6.45) is 0.316. The molecule has 0 aliphatic carbocycles. The van der Waals surface area contributed by atoms with E-state index < -0.39 is 0 Å². The van der Waals surface area contributed by atoms with E-state index >= 15 is 0 Å². The van der Waals surface area contributed by atoms with Gasteiger partial charge in [0.1, 0.15) is 0 Å². The van der Waals surface area contributed by atoms with E-state index in [-0.39, 0.29) is 5.78 Å². The second-order valence-corrected chi connectivity index (χ2v) is 5.36. The predicted molar refractivity (Wildman–Crippen MR) is 78.0 cm³/mol. The molecule has 0 atom stereocenters. The molecule has 2 rings (SSSR count). The Labute approximate surface area is 119 Å². The molecule has 2 nitrogen and oxygen atoms in total. The monoisotopic (exact) mass is 323 g/mol. The molecule has 2 aromatic carbocycles. The Balaban J connectivity index is 2.22. The lowest BCUT2D eigenvalue weighted by molar-refractivity contribution is 0.0993. The highest BCUT2D eigenvalue weighted by Gasteiger charge is 2.09. The fourth-order valence-electron chi connectivity index (χ4n) is 1.71. The minimum absolute atomic E-state index is 0.0188. The number of nitrogen functional groups attached to an aromatic ring is 1. The molecular formula is C14H11BrClNO. The van der Waals surface area contributed by atoms with E-state index in [4.69, 9.17) is 17.3 Å². The Hall–Kier alpha value is -1.32. The van der Waals surface area contributed by atoms with Gasteiger partial charge in [0.2, 0.25) is 0 Å². The van der Waals surface area contributed by atoms with E-state index in [2.05, 4.69) is 15.9 Å². The lowest BCUT2D eigenvalue weighted by atomic mass is 10.0. The molecule has 2 N–H and O–H groups in total. The molecule has 0 unspecified atom stereocenters. The number of benzene rings is 2. The third-order valence-electron chi connectivity index (χ3n) is 2.50. The SMILES string of the molecule is Nc1cc(Br)cc(C(=O)Cc2cccc(Cl)c2)c1. The lowest BCUT2D eigenvalue weighted by Crippen LogP contribution is -2.04. The minimum Gasteiger partial charge on any atom is -0.399 e. The van der Waals surface area contributed by atoms with Crippen molar-refractivity contribution in [2.45, 2.75) is 6.42 Å². The molecule has 0 bridgehead atoms. The fourth-order valence-corrected chi connectivity index (χ4v) is 2.43. The molecule has 0 aliphatic rings. The largest absolute Gasteiger partial charge is 0.399 e. The highest BCUT2D eigenvalue weighted by molar-refractivity contribution is 9.10. The van der Waals surface area contributed by atoms with Crippen molar-refractivity contribution in [2.24, 2.45) is 0 Å². The summed E-state index contributed by atoms with van der Waals surface area (Å²) in [7, 11) is 0. The molecule has 0 spiro atoms. The van der Waals surface area contributed by atoms with Crippen molar-refractivity contribution < 1.29 is 4.79 Å². The number of ketones is 1. The van der Waals surface area contributed by atoms with E-state index in [1.165, 1.54) is 0 Å². The van der Waals surface area contributed by atoms with Crippen LogP contribution < -0.4 is 5.73 Å². The van der Waals surface area contributed by atoms with Gasteiger partial charge in [-0.2, -0.15) is 0 Å². The predicted octanol–water partition coefficient (Wildman–Crippen LogP) is 4.11. The summed E-state index contributed by atoms with van der Waals surface area (Å²) in [5, 5.41) is 0.633. The Bertz CT molecular complexity index is 578. The van der Waals surface area contributed by atoms with Crippen molar-refractivity contribution in [2.75, 3.05) is 5.73 Å². The van der Waals surface area contributed by atoms with Crippen LogP contribution in [0.25, 0.3) is 0 Å². The number of carbonyl (C=O) groups is 1. The smallest absolute Gasteiger partial charge is 0.167 e. The summed E-state index contributed by atoms with van der Waals surface area (Å²) in [5.41, 5.74) is 7.77. The molecule has 0 aromatic heterocycles. The quantitative estimate of drug-likeness (QED) is 0.682. The van der Waals surface area contributed by atoms with Crippen LogP contribution in [0, 0.1) is 0 Å². The van der Waals surface area contributed by atoms with Crippen LogP contribution >= 0.6 is 27.5 Å². The molecule has 0 heterocycles. The van der Waals surface area contributed by atoms with Gasteiger partial charge >= 0.3 is 0 Å². The summed E-state index contributed by atoms with van der Waals surface area (Å²) in [6.45, 7) is 0. The van der Waals surface area contributed by atoms with Gasteiger partial charge in [0.05, 0.1) is 0 Å². The molecule has 0 fully saturated rings. The molecule has 18 heavy (non-hydrogen) atoms. The summed E-state index contributed by atoms with van der Waals surface area (Å²) >= 11 is 9.21. The van der Waals surface area contributed by atoms with Gasteiger partial charge < -0.3 is 5.73 Å². The van der Waals surface area contributed by atoms with Crippen molar-refractivity contribution in [1.29, 1.82) is 0 Å². The summed E-state index contributed by atoms with van der Waals surface area (Å²) in [5.74, 6) is 0.0188. The van der Waals surface area contributed by atoms with Crippen LogP contribution in [0.2, 0.25) is 5.02 Å². The van der Waals surface area contributed by atoms with Crippen LogP contribution in [0.4, 0.5) is 5.69 Å². The third kappa shape index (κ3) is 3.34. The first-order valence-corrected chi connectivity index (χ1v) is 6.55. The number of nitrogens with two attached hydrogens (primary N) is 1. The average Bonchev–Trinajstić information content (AvgIpc) is 2.27. The third-order valence-corrected chi connectivity index (χ3v) is 3.19. The maximum atomic E-state index is 12.1. The van der Waals surface area contributed by atoms with Crippen LogP contribution in [-0.2, 0) is 6.42 Å². The molecule has 0 saturated heterocycles. The van der Waals surface area contributed by atoms with Crippen molar-refractivity contribution in [3.05, 3.63) is 63.1 Å². The van der Waals surface area contributed by atoms with Crippen molar-refractivity contribution in [3.63, 3.8) is 0 Å². The van der Waals surface area contributed by atoms with Crippen LogP contribution in [0.15, 0.2) is 46.9 Å². The van der Waals surface area contributed by atoms with E-state index in [1.807, 2.05) is 12.1 Å². The maximum absolute atomic E-state index is 12.1. The number of halogens is 2. The van der Waals surface area contributed by atoms with Crippen molar-refractivity contribution in [3.8, 4) is 0 Å². The van der Waals surface area contributed by atoms with Crippen LogP contribution in [-0.4, -0.2) is 5.78 Å².